The summed E-state index contributed by atoms with van der Waals surface area (Å²) in [5, 5.41) is 7.26. The van der Waals surface area contributed by atoms with Gasteiger partial charge < -0.3 is 15.8 Å². The molecule has 0 aliphatic heterocycles. The van der Waals surface area contributed by atoms with Gasteiger partial charge in [0.25, 0.3) is 5.91 Å². The molecule has 1 aromatic rings. The number of anilines is 1. The average Bonchev–Trinajstić information content (AvgIpc) is 2.69. The number of nitrogens with two attached hydrogens (primary N) is 1. The quantitative estimate of drug-likeness (QED) is 0.795. The maximum absolute atomic E-state index is 12.4. The maximum Gasteiger partial charge on any atom is 0.272 e. The lowest BCUT2D eigenvalue weighted by molar-refractivity contribution is 0.0798. The first kappa shape index (κ1) is 16.5. The van der Waals surface area contributed by atoms with Gasteiger partial charge in [-0.2, -0.15) is 5.10 Å². The summed E-state index contributed by atoms with van der Waals surface area (Å²) < 4.78 is 7.05. The summed E-state index contributed by atoms with van der Waals surface area (Å²) in [4.78, 5) is 12.4. The van der Waals surface area contributed by atoms with E-state index in [4.69, 9.17) is 10.5 Å². The topological polar surface area (TPSA) is 82.2 Å². The molecule has 0 spiro atoms. The van der Waals surface area contributed by atoms with E-state index in [0.29, 0.717) is 36.8 Å². The van der Waals surface area contributed by atoms with E-state index in [-0.39, 0.29) is 17.9 Å². The van der Waals surface area contributed by atoms with Crippen LogP contribution in [0.1, 0.15) is 43.9 Å². The van der Waals surface area contributed by atoms with Gasteiger partial charge in [-0.3, -0.25) is 9.48 Å². The molecule has 1 unspecified atom stereocenters. The predicted octanol–water partition coefficient (Wildman–Crippen LogP) is 1.58. The number of aromatic nitrogens is 2. The number of aryl methyl sites for hydroxylation is 2. The van der Waals surface area contributed by atoms with Gasteiger partial charge in [0.1, 0.15) is 5.69 Å². The van der Waals surface area contributed by atoms with Crippen molar-refractivity contribution in [2.75, 3.05) is 18.9 Å². The SMILES string of the molecule is CCOCC(NC(=O)c1c(N)c(C)nn1CC)C(C)C. The molecule has 1 heterocycles. The van der Waals surface area contributed by atoms with Crippen molar-refractivity contribution in [3.05, 3.63) is 11.4 Å². The zero-order valence-electron chi connectivity index (χ0n) is 13.1. The van der Waals surface area contributed by atoms with Crippen LogP contribution in [0.15, 0.2) is 0 Å². The standard InChI is InChI=1S/C14H26N4O2/c1-6-18-13(12(15)10(5)17-18)14(19)16-11(9(3)4)8-20-7-2/h9,11H,6-8,15H2,1-5H3,(H,16,19). The van der Waals surface area contributed by atoms with Crippen molar-refractivity contribution in [2.45, 2.75) is 47.2 Å². The average molecular weight is 282 g/mol. The van der Waals surface area contributed by atoms with Crippen molar-refractivity contribution in [1.29, 1.82) is 0 Å². The second-order valence-corrected chi connectivity index (χ2v) is 5.15. The zero-order valence-corrected chi connectivity index (χ0v) is 13.1. The number of nitrogen functional groups attached to an aromatic ring is 1. The number of amides is 1. The van der Waals surface area contributed by atoms with E-state index >= 15 is 0 Å². The summed E-state index contributed by atoms with van der Waals surface area (Å²) in [6, 6.07) is -0.0395. The molecule has 114 valence electrons. The molecule has 1 amide bonds. The Balaban J connectivity index is 2.88. The van der Waals surface area contributed by atoms with Crippen molar-refractivity contribution in [2.24, 2.45) is 5.92 Å². The molecule has 0 saturated heterocycles. The number of carbonyl (C=O) groups is 1. The van der Waals surface area contributed by atoms with Crippen molar-refractivity contribution in [3.8, 4) is 0 Å². The fourth-order valence-electron chi connectivity index (χ4n) is 1.95. The molecule has 0 aromatic carbocycles. The van der Waals surface area contributed by atoms with E-state index in [1.54, 1.807) is 11.6 Å². The summed E-state index contributed by atoms with van der Waals surface area (Å²) in [5.41, 5.74) is 7.52. The first-order chi connectivity index (χ1) is 9.42. The van der Waals surface area contributed by atoms with Gasteiger partial charge >= 0.3 is 0 Å². The van der Waals surface area contributed by atoms with E-state index in [2.05, 4.69) is 24.3 Å². The van der Waals surface area contributed by atoms with E-state index in [1.807, 2.05) is 13.8 Å². The minimum Gasteiger partial charge on any atom is -0.395 e. The van der Waals surface area contributed by atoms with Crippen molar-refractivity contribution >= 4 is 11.6 Å². The van der Waals surface area contributed by atoms with Crippen LogP contribution >= 0.6 is 0 Å². The van der Waals surface area contributed by atoms with Crippen LogP contribution in [-0.4, -0.2) is 34.9 Å². The molecular weight excluding hydrogens is 256 g/mol. The number of hydrogen-bond donors (Lipinski definition) is 2. The number of nitrogens with one attached hydrogen (secondary N) is 1. The molecule has 3 N–H and O–H groups in total. The van der Waals surface area contributed by atoms with Crippen molar-refractivity contribution in [3.63, 3.8) is 0 Å². The molecule has 1 rings (SSSR count). The molecule has 0 radical (unpaired) electrons. The smallest absolute Gasteiger partial charge is 0.272 e. The second-order valence-electron chi connectivity index (χ2n) is 5.15. The highest BCUT2D eigenvalue weighted by Crippen LogP contribution is 2.17. The predicted molar refractivity (Wildman–Crippen MR) is 79.6 cm³/mol. The first-order valence-corrected chi connectivity index (χ1v) is 7.13. The molecule has 0 aliphatic carbocycles. The van der Waals surface area contributed by atoms with E-state index < -0.39 is 0 Å². The Kier molecular flexibility index (Phi) is 6.01. The third-order valence-corrected chi connectivity index (χ3v) is 3.31. The Labute approximate surface area is 120 Å². The fourth-order valence-corrected chi connectivity index (χ4v) is 1.95. The van der Waals surface area contributed by atoms with Gasteiger partial charge in [0, 0.05) is 13.2 Å². The van der Waals surface area contributed by atoms with Gasteiger partial charge in [-0.1, -0.05) is 13.8 Å². The molecule has 6 heteroatoms. The van der Waals surface area contributed by atoms with Crippen LogP contribution in [0.4, 0.5) is 5.69 Å². The number of hydrogen-bond acceptors (Lipinski definition) is 4. The molecule has 0 aliphatic rings. The van der Waals surface area contributed by atoms with Gasteiger partial charge in [0.2, 0.25) is 0 Å². The summed E-state index contributed by atoms with van der Waals surface area (Å²) in [6.07, 6.45) is 0. The first-order valence-electron chi connectivity index (χ1n) is 7.13. The Morgan fingerprint density at radius 1 is 1.45 bits per heavy atom. The molecule has 6 nitrogen and oxygen atoms in total. The second kappa shape index (κ2) is 7.28. The molecular formula is C14H26N4O2. The third kappa shape index (κ3) is 3.72. The lowest BCUT2D eigenvalue weighted by atomic mass is 10.1. The van der Waals surface area contributed by atoms with Crippen LogP contribution in [0, 0.1) is 12.8 Å². The normalized spacial score (nSPS) is 12.7. The van der Waals surface area contributed by atoms with Crippen LogP contribution in [0.3, 0.4) is 0 Å². The monoisotopic (exact) mass is 282 g/mol. The van der Waals surface area contributed by atoms with Gasteiger partial charge in [-0.15, -0.1) is 0 Å². The zero-order chi connectivity index (χ0) is 15.3. The van der Waals surface area contributed by atoms with Crippen molar-refractivity contribution in [1.82, 2.24) is 15.1 Å². The van der Waals surface area contributed by atoms with Crippen LogP contribution < -0.4 is 11.1 Å². The molecule has 0 fully saturated rings. The minimum absolute atomic E-state index is 0.0395. The molecule has 0 bridgehead atoms. The number of nitrogens with zero attached hydrogens (tertiary/aromatic N) is 2. The fraction of sp³-hybridized carbons (Fsp3) is 0.714. The largest absolute Gasteiger partial charge is 0.395 e. The highest BCUT2D eigenvalue weighted by Gasteiger charge is 2.23. The van der Waals surface area contributed by atoms with Crippen LogP contribution in [-0.2, 0) is 11.3 Å². The van der Waals surface area contributed by atoms with Gasteiger partial charge in [-0.25, -0.2) is 0 Å². The molecule has 0 saturated carbocycles. The Morgan fingerprint density at radius 3 is 2.60 bits per heavy atom. The van der Waals surface area contributed by atoms with Gasteiger partial charge in [0.05, 0.1) is 24.0 Å². The Hall–Kier alpha value is -1.56. The summed E-state index contributed by atoms with van der Waals surface area (Å²) in [6.45, 7) is 11.5. The lowest BCUT2D eigenvalue weighted by Crippen LogP contribution is -2.42. The highest BCUT2D eigenvalue weighted by atomic mass is 16.5. The van der Waals surface area contributed by atoms with Crippen LogP contribution in [0.2, 0.25) is 0 Å². The lowest BCUT2D eigenvalue weighted by Gasteiger charge is -2.22. The molecule has 1 aromatic heterocycles. The minimum atomic E-state index is -0.191. The molecule has 20 heavy (non-hydrogen) atoms. The van der Waals surface area contributed by atoms with Crippen LogP contribution in [0.25, 0.3) is 0 Å². The molecule has 1 atom stereocenters. The van der Waals surface area contributed by atoms with E-state index in [0.717, 1.165) is 0 Å². The Bertz CT molecular complexity index is 454. The maximum atomic E-state index is 12.4. The van der Waals surface area contributed by atoms with Crippen LogP contribution in [0.5, 0.6) is 0 Å². The van der Waals surface area contributed by atoms with Crippen molar-refractivity contribution < 1.29 is 9.53 Å². The van der Waals surface area contributed by atoms with E-state index in [9.17, 15) is 4.79 Å². The highest BCUT2D eigenvalue weighted by molar-refractivity contribution is 5.98. The summed E-state index contributed by atoms with van der Waals surface area (Å²) >= 11 is 0. The van der Waals surface area contributed by atoms with Gasteiger partial charge in [-0.05, 0) is 26.7 Å². The van der Waals surface area contributed by atoms with Gasteiger partial charge in [0.15, 0.2) is 0 Å². The van der Waals surface area contributed by atoms with E-state index in [1.165, 1.54) is 0 Å². The number of rotatable bonds is 7. The number of ether oxygens (including phenoxy) is 1. The summed E-state index contributed by atoms with van der Waals surface area (Å²) in [7, 11) is 0. The third-order valence-electron chi connectivity index (χ3n) is 3.31. The summed E-state index contributed by atoms with van der Waals surface area (Å²) in [5.74, 6) is 0.0918. The number of carbonyl (C=O) groups excluding carboxylic acids is 1. The Morgan fingerprint density at radius 2 is 2.10 bits per heavy atom.